The molecule has 1 aliphatic heterocycles. The predicted octanol–water partition coefficient (Wildman–Crippen LogP) is 2.26. The number of nitrogens with zero attached hydrogens (tertiary/aromatic N) is 1. The third-order valence-corrected chi connectivity index (χ3v) is 4.72. The molecule has 138 valence electrons. The summed E-state index contributed by atoms with van der Waals surface area (Å²) in [4.78, 5) is 51.6. The van der Waals surface area contributed by atoms with Crippen molar-refractivity contribution >= 4 is 23.8 Å². The van der Waals surface area contributed by atoms with E-state index in [4.69, 9.17) is 4.74 Å². The van der Waals surface area contributed by atoms with E-state index in [1.54, 1.807) is 49.4 Å². The minimum absolute atomic E-state index is 0.0986. The summed E-state index contributed by atoms with van der Waals surface area (Å²) in [5.74, 6) is -1.86. The van der Waals surface area contributed by atoms with Gasteiger partial charge in [-0.3, -0.25) is 19.7 Å². The number of nitrogens with one attached hydrogen (secondary N) is 1. The highest BCUT2D eigenvalue weighted by molar-refractivity contribution is 6.30. The van der Waals surface area contributed by atoms with Crippen molar-refractivity contribution in [2.75, 3.05) is 7.11 Å². The second kappa shape index (κ2) is 7.03. The average molecular weight is 366 g/mol. The first kappa shape index (κ1) is 18.3. The number of hydrogen-bond donors (Lipinski definition) is 1. The largest absolute Gasteiger partial charge is 0.497 e. The summed E-state index contributed by atoms with van der Waals surface area (Å²) in [5.41, 5.74) is -1.08. The number of imide groups is 4. The molecule has 7 heteroatoms. The zero-order valence-electron chi connectivity index (χ0n) is 14.9. The summed E-state index contributed by atoms with van der Waals surface area (Å²) in [6.07, 6.45) is 0.0986. The SMILES string of the molecule is CCC1(c2ccccc2)C(=O)NC(=O)N(C(=O)c2ccc(OC)cc2)C1=O. The lowest BCUT2D eigenvalue weighted by Crippen LogP contribution is -2.67. The van der Waals surface area contributed by atoms with Gasteiger partial charge in [0, 0.05) is 5.56 Å². The second-order valence-electron chi connectivity index (χ2n) is 6.06. The molecule has 0 aromatic heterocycles. The third kappa shape index (κ3) is 2.87. The maximum Gasteiger partial charge on any atom is 0.338 e. The van der Waals surface area contributed by atoms with Gasteiger partial charge in [-0.25, -0.2) is 4.79 Å². The Balaban J connectivity index is 2.05. The molecular formula is C20H18N2O5. The molecule has 1 saturated heterocycles. The van der Waals surface area contributed by atoms with E-state index < -0.39 is 29.2 Å². The van der Waals surface area contributed by atoms with E-state index in [2.05, 4.69) is 5.32 Å². The molecule has 27 heavy (non-hydrogen) atoms. The van der Waals surface area contributed by atoms with Gasteiger partial charge in [-0.05, 0) is 36.2 Å². The zero-order valence-corrected chi connectivity index (χ0v) is 14.9. The summed E-state index contributed by atoms with van der Waals surface area (Å²) >= 11 is 0. The van der Waals surface area contributed by atoms with Crippen LogP contribution in [-0.2, 0) is 15.0 Å². The molecule has 1 fully saturated rings. The smallest absolute Gasteiger partial charge is 0.338 e. The van der Waals surface area contributed by atoms with Crippen LogP contribution in [0.4, 0.5) is 4.79 Å². The van der Waals surface area contributed by atoms with E-state index in [0.29, 0.717) is 16.2 Å². The van der Waals surface area contributed by atoms with E-state index in [-0.39, 0.29) is 12.0 Å². The highest BCUT2D eigenvalue weighted by Gasteiger charge is 2.55. The van der Waals surface area contributed by atoms with Gasteiger partial charge in [-0.15, -0.1) is 0 Å². The number of methoxy groups -OCH3 is 1. The van der Waals surface area contributed by atoms with Crippen molar-refractivity contribution in [1.29, 1.82) is 0 Å². The molecule has 7 nitrogen and oxygen atoms in total. The first-order chi connectivity index (χ1) is 13.0. The van der Waals surface area contributed by atoms with Gasteiger partial charge in [0.15, 0.2) is 5.41 Å². The number of amides is 5. The summed E-state index contributed by atoms with van der Waals surface area (Å²) in [5, 5.41) is 2.16. The molecular weight excluding hydrogens is 348 g/mol. The number of benzene rings is 2. The van der Waals surface area contributed by atoms with Crippen molar-refractivity contribution in [3.8, 4) is 5.75 Å². The molecule has 3 rings (SSSR count). The molecule has 0 spiro atoms. The van der Waals surface area contributed by atoms with Crippen LogP contribution in [0, 0.1) is 0 Å². The molecule has 0 bridgehead atoms. The first-order valence-corrected chi connectivity index (χ1v) is 8.39. The molecule has 2 aromatic carbocycles. The maximum absolute atomic E-state index is 13.2. The van der Waals surface area contributed by atoms with E-state index in [1.165, 1.54) is 19.2 Å². The van der Waals surface area contributed by atoms with Crippen LogP contribution in [0.2, 0.25) is 0 Å². The highest BCUT2D eigenvalue weighted by atomic mass is 16.5. The van der Waals surface area contributed by atoms with Crippen molar-refractivity contribution in [2.24, 2.45) is 0 Å². The van der Waals surface area contributed by atoms with Crippen molar-refractivity contribution < 1.29 is 23.9 Å². The molecule has 1 N–H and O–H groups in total. The fraction of sp³-hybridized carbons (Fsp3) is 0.200. The standard InChI is InChI=1S/C20H18N2O5/c1-3-20(14-7-5-4-6-8-14)17(24)21-19(26)22(18(20)25)16(23)13-9-11-15(27-2)12-10-13/h4-12H,3H2,1-2H3,(H,21,24,26). The van der Waals surface area contributed by atoms with Crippen molar-refractivity contribution in [2.45, 2.75) is 18.8 Å². The normalized spacial score (nSPS) is 19.6. The summed E-state index contributed by atoms with van der Waals surface area (Å²) in [6.45, 7) is 1.66. The fourth-order valence-electron chi connectivity index (χ4n) is 3.18. The molecule has 1 atom stereocenters. The Kier molecular flexibility index (Phi) is 4.77. The van der Waals surface area contributed by atoms with Gasteiger partial charge in [-0.2, -0.15) is 4.90 Å². The average Bonchev–Trinajstić information content (AvgIpc) is 2.69. The molecule has 0 aliphatic carbocycles. The Labute approximate surface area is 155 Å². The molecule has 0 radical (unpaired) electrons. The summed E-state index contributed by atoms with van der Waals surface area (Å²) < 4.78 is 5.04. The summed E-state index contributed by atoms with van der Waals surface area (Å²) in [7, 11) is 1.49. The quantitative estimate of drug-likeness (QED) is 0.662. The minimum atomic E-state index is -1.64. The van der Waals surface area contributed by atoms with E-state index in [9.17, 15) is 19.2 Å². The number of barbiturate groups is 1. The van der Waals surface area contributed by atoms with Crippen LogP contribution >= 0.6 is 0 Å². The van der Waals surface area contributed by atoms with Crippen molar-refractivity contribution in [3.63, 3.8) is 0 Å². The lowest BCUT2D eigenvalue weighted by Gasteiger charge is -2.38. The fourth-order valence-corrected chi connectivity index (χ4v) is 3.18. The Morgan fingerprint density at radius 2 is 1.67 bits per heavy atom. The summed E-state index contributed by atoms with van der Waals surface area (Å²) in [6, 6.07) is 13.4. The number of ether oxygens (including phenoxy) is 1. The van der Waals surface area contributed by atoms with Crippen LogP contribution in [0.5, 0.6) is 5.75 Å². The first-order valence-electron chi connectivity index (χ1n) is 8.39. The lowest BCUT2D eigenvalue weighted by atomic mass is 9.74. The van der Waals surface area contributed by atoms with Crippen LogP contribution in [0.15, 0.2) is 54.6 Å². The van der Waals surface area contributed by atoms with Crippen molar-refractivity contribution in [3.05, 3.63) is 65.7 Å². The predicted molar refractivity (Wildman–Crippen MR) is 96.1 cm³/mol. The van der Waals surface area contributed by atoms with Gasteiger partial charge in [0.25, 0.3) is 11.8 Å². The molecule has 1 heterocycles. The van der Waals surface area contributed by atoms with Crippen LogP contribution in [0.3, 0.4) is 0 Å². The van der Waals surface area contributed by atoms with E-state index in [0.717, 1.165) is 0 Å². The van der Waals surface area contributed by atoms with Gasteiger partial charge < -0.3 is 4.74 Å². The molecule has 1 aliphatic rings. The van der Waals surface area contributed by atoms with Gasteiger partial charge in [0.05, 0.1) is 7.11 Å². The van der Waals surface area contributed by atoms with Crippen LogP contribution in [0.25, 0.3) is 0 Å². The number of carbonyl (C=O) groups excluding carboxylic acids is 4. The Bertz CT molecular complexity index is 908. The van der Waals surface area contributed by atoms with Crippen molar-refractivity contribution in [1.82, 2.24) is 10.2 Å². The number of urea groups is 1. The topological polar surface area (TPSA) is 92.8 Å². The third-order valence-electron chi connectivity index (χ3n) is 4.72. The molecule has 2 aromatic rings. The Morgan fingerprint density at radius 1 is 1.04 bits per heavy atom. The van der Waals surface area contributed by atoms with Crippen LogP contribution in [-0.4, -0.2) is 35.8 Å². The van der Waals surface area contributed by atoms with Gasteiger partial charge in [0.2, 0.25) is 5.91 Å². The van der Waals surface area contributed by atoms with Gasteiger partial charge in [-0.1, -0.05) is 37.3 Å². The molecule has 1 unspecified atom stereocenters. The Morgan fingerprint density at radius 3 is 2.22 bits per heavy atom. The number of carbonyl (C=O) groups is 4. The number of rotatable bonds is 4. The molecule has 5 amide bonds. The second-order valence-corrected chi connectivity index (χ2v) is 6.06. The van der Waals surface area contributed by atoms with E-state index in [1.807, 2.05) is 0 Å². The Hall–Kier alpha value is -3.48. The lowest BCUT2D eigenvalue weighted by molar-refractivity contribution is -0.143. The maximum atomic E-state index is 13.2. The number of hydrogen-bond acceptors (Lipinski definition) is 5. The van der Waals surface area contributed by atoms with Crippen LogP contribution in [0.1, 0.15) is 29.3 Å². The minimum Gasteiger partial charge on any atom is -0.497 e. The van der Waals surface area contributed by atoms with E-state index >= 15 is 0 Å². The highest BCUT2D eigenvalue weighted by Crippen LogP contribution is 2.34. The van der Waals surface area contributed by atoms with Gasteiger partial charge in [0.1, 0.15) is 5.75 Å². The monoisotopic (exact) mass is 366 g/mol. The van der Waals surface area contributed by atoms with Crippen LogP contribution < -0.4 is 10.1 Å². The zero-order chi connectivity index (χ0) is 19.6. The van der Waals surface area contributed by atoms with Gasteiger partial charge >= 0.3 is 6.03 Å². The molecule has 0 saturated carbocycles.